The van der Waals surface area contributed by atoms with Crippen molar-refractivity contribution in [3.05, 3.63) is 64.8 Å². The Morgan fingerprint density at radius 1 is 0.800 bits per heavy atom. The Morgan fingerprint density at radius 2 is 1.47 bits per heavy atom. The molecule has 0 amide bonds. The standard InChI is InChI=1S/C28H32NO/c1-17-8-13-22(29(7)16-17)23-18(2)9-10-19-20-11-12-21-24(26(20)30-25(19)23)28(5,6)15-14-27(21,3)4/h8-13,16H,14-15H2,1-7H3/q+1. The number of hydrogen-bond acceptors (Lipinski definition) is 1. The van der Waals surface area contributed by atoms with Gasteiger partial charge < -0.3 is 4.42 Å². The number of rotatable bonds is 1. The highest BCUT2D eigenvalue weighted by Crippen LogP contribution is 2.50. The van der Waals surface area contributed by atoms with Crippen LogP contribution in [0.4, 0.5) is 0 Å². The van der Waals surface area contributed by atoms with E-state index in [9.17, 15) is 0 Å². The fourth-order valence-corrected chi connectivity index (χ4v) is 5.45. The molecule has 2 aromatic heterocycles. The van der Waals surface area contributed by atoms with Crippen molar-refractivity contribution >= 4 is 21.9 Å². The maximum Gasteiger partial charge on any atom is 0.216 e. The molecular formula is C28H32NO+. The van der Waals surface area contributed by atoms with Crippen LogP contribution in [0.1, 0.15) is 62.8 Å². The third kappa shape index (κ3) is 2.66. The first-order valence-corrected chi connectivity index (χ1v) is 11.1. The second-order valence-electron chi connectivity index (χ2n) is 10.6. The lowest BCUT2D eigenvalue weighted by atomic mass is 9.63. The van der Waals surface area contributed by atoms with Crippen molar-refractivity contribution in [1.29, 1.82) is 0 Å². The van der Waals surface area contributed by atoms with E-state index < -0.39 is 0 Å². The van der Waals surface area contributed by atoms with Gasteiger partial charge in [0.25, 0.3) is 0 Å². The maximum absolute atomic E-state index is 6.82. The number of nitrogens with zero attached hydrogens (tertiary/aromatic N) is 1. The van der Waals surface area contributed by atoms with Gasteiger partial charge in [0, 0.05) is 28.0 Å². The third-order valence-electron chi connectivity index (χ3n) is 7.34. The van der Waals surface area contributed by atoms with Crippen molar-refractivity contribution in [2.45, 2.75) is 65.2 Å². The smallest absolute Gasteiger partial charge is 0.216 e. The van der Waals surface area contributed by atoms with Gasteiger partial charge in [-0.15, -0.1) is 0 Å². The minimum Gasteiger partial charge on any atom is -0.455 e. The molecule has 1 aliphatic rings. The van der Waals surface area contributed by atoms with E-state index in [1.165, 1.54) is 57.1 Å². The van der Waals surface area contributed by atoms with Gasteiger partial charge in [0.05, 0.1) is 5.56 Å². The molecular weight excluding hydrogens is 366 g/mol. The molecule has 5 rings (SSSR count). The van der Waals surface area contributed by atoms with Crippen LogP contribution >= 0.6 is 0 Å². The molecule has 0 fully saturated rings. The fraction of sp³-hybridized carbons (Fsp3) is 0.393. The summed E-state index contributed by atoms with van der Waals surface area (Å²) in [6.07, 6.45) is 4.58. The number of hydrogen-bond donors (Lipinski definition) is 0. The molecule has 0 bridgehead atoms. The third-order valence-corrected chi connectivity index (χ3v) is 7.34. The summed E-state index contributed by atoms with van der Waals surface area (Å²) < 4.78 is 9.03. The average molecular weight is 399 g/mol. The Hall–Kier alpha value is -2.61. The molecule has 0 spiro atoms. The predicted octanol–water partition coefficient (Wildman–Crippen LogP) is 7.04. The molecule has 2 heteroatoms. The zero-order chi connectivity index (χ0) is 21.4. The quantitative estimate of drug-likeness (QED) is 0.314. The van der Waals surface area contributed by atoms with E-state index in [2.05, 4.69) is 95.8 Å². The summed E-state index contributed by atoms with van der Waals surface area (Å²) in [5.74, 6) is 0. The predicted molar refractivity (Wildman–Crippen MR) is 125 cm³/mol. The van der Waals surface area contributed by atoms with Crippen molar-refractivity contribution in [3.63, 3.8) is 0 Å². The van der Waals surface area contributed by atoms with Gasteiger partial charge in [-0.3, -0.25) is 0 Å². The molecule has 2 heterocycles. The van der Waals surface area contributed by atoms with Crippen LogP contribution in [-0.4, -0.2) is 0 Å². The number of pyridine rings is 1. The highest BCUT2D eigenvalue weighted by Gasteiger charge is 2.39. The molecule has 2 nitrogen and oxygen atoms in total. The fourth-order valence-electron chi connectivity index (χ4n) is 5.45. The lowest BCUT2D eigenvalue weighted by molar-refractivity contribution is -0.660. The van der Waals surface area contributed by atoms with Crippen LogP contribution in [0.15, 0.2) is 47.0 Å². The highest BCUT2D eigenvalue weighted by molar-refractivity contribution is 6.11. The molecule has 2 aromatic carbocycles. The first-order valence-electron chi connectivity index (χ1n) is 11.1. The monoisotopic (exact) mass is 398 g/mol. The Kier molecular flexibility index (Phi) is 4.00. The topological polar surface area (TPSA) is 17.0 Å². The van der Waals surface area contributed by atoms with Crippen molar-refractivity contribution in [1.82, 2.24) is 0 Å². The van der Waals surface area contributed by atoms with Crippen LogP contribution in [0.25, 0.3) is 33.2 Å². The summed E-state index contributed by atoms with van der Waals surface area (Å²) in [5, 5.41) is 2.46. The molecule has 0 saturated heterocycles. The number of fused-ring (bicyclic) bond motifs is 5. The molecule has 154 valence electrons. The van der Waals surface area contributed by atoms with Gasteiger partial charge in [0.2, 0.25) is 5.69 Å². The van der Waals surface area contributed by atoms with Gasteiger partial charge in [-0.05, 0) is 54.7 Å². The minimum atomic E-state index is 0.113. The van der Waals surface area contributed by atoms with Gasteiger partial charge >= 0.3 is 0 Å². The van der Waals surface area contributed by atoms with Crippen molar-refractivity contribution in [3.8, 4) is 11.3 Å². The zero-order valence-corrected chi connectivity index (χ0v) is 19.3. The Balaban J connectivity index is 1.91. The molecule has 0 unspecified atom stereocenters. The van der Waals surface area contributed by atoms with E-state index >= 15 is 0 Å². The lowest BCUT2D eigenvalue weighted by Gasteiger charge is -2.41. The molecule has 4 aromatic rings. The lowest BCUT2D eigenvalue weighted by Crippen LogP contribution is -2.33. The number of aryl methyl sites for hydroxylation is 3. The molecule has 0 atom stereocenters. The molecule has 1 aliphatic carbocycles. The summed E-state index contributed by atoms with van der Waals surface area (Å²) in [7, 11) is 2.12. The van der Waals surface area contributed by atoms with E-state index in [-0.39, 0.29) is 10.8 Å². The van der Waals surface area contributed by atoms with E-state index in [1.807, 2.05) is 0 Å². The van der Waals surface area contributed by atoms with Crippen molar-refractivity contribution in [2.75, 3.05) is 0 Å². The molecule has 0 N–H and O–H groups in total. The van der Waals surface area contributed by atoms with Crippen LogP contribution in [0, 0.1) is 13.8 Å². The van der Waals surface area contributed by atoms with Gasteiger partial charge in [-0.1, -0.05) is 52.0 Å². The number of furan rings is 1. The molecule has 0 radical (unpaired) electrons. The van der Waals surface area contributed by atoms with E-state index in [1.54, 1.807) is 0 Å². The summed E-state index contributed by atoms with van der Waals surface area (Å²) in [4.78, 5) is 0. The molecule has 0 aliphatic heterocycles. The van der Waals surface area contributed by atoms with E-state index in [0.29, 0.717) is 0 Å². The van der Waals surface area contributed by atoms with Crippen LogP contribution in [-0.2, 0) is 17.9 Å². The Bertz CT molecular complexity index is 1320. The Labute approximate surface area is 179 Å². The Morgan fingerprint density at radius 3 is 2.20 bits per heavy atom. The number of benzene rings is 2. The molecule has 0 saturated carbocycles. The normalized spacial score (nSPS) is 17.4. The maximum atomic E-state index is 6.82. The second kappa shape index (κ2) is 6.20. The first-order chi connectivity index (χ1) is 14.1. The van der Waals surface area contributed by atoms with E-state index in [4.69, 9.17) is 4.42 Å². The van der Waals surface area contributed by atoms with Gasteiger partial charge in [0.15, 0.2) is 6.20 Å². The second-order valence-corrected chi connectivity index (χ2v) is 10.6. The number of aromatic nitrogens is 1. The average Bonchev–Trinajstić information content (AvgIpc) is 3.04. The largest absolute Gasteiger partial charge is 0.455 e. The van der Waals surface area contributed by atoms with Crippen molar-refractivity contribution < 1.29 is 8.98 Å². The summed E-state index contributed by atoms with van der Waals surface area (Å²) >= 11 is 0. The minimum absolute atomic E-state index is 0.113. The van der Waals surface area contributed by atoms with Gasteiger partial charge in [-0.2, -0.15) is 0 Å². The van der Waals surface area contributed by atoms with Gasteiger partial charge in [-0.25, -0.2) is 4.57 Å². The SMILES string of the molecule is Cc1ccc(-c2c(C)ccc3c2oc2c4c(ccc23)C(C)(C)CCC4(C)C)[n+](C)c1. The summed E-state index contributed by atoms with van der Waals surface area (Å²) in [5.41, 5.74) is 10.1. The summed E-state index contributed by atoms with van der Waals surface area (Å²) in [6.45, 7) is 13.8. The van der Waals surface area contributed by atoms with Gasteiger partial charge in [0.1, 0.15) is 18.2 Å². The van der Waals surface area contributed by atoms with Crippen LogP contribution in [0.5, 0.6) is 0 Å². The van der Waals surface area contributed by atoms with E-state index in [0.717, 1.165) is 11.2 Å². The van der Waals surface area contributed by atoms with Crippen LogP contribution in [0.2, 0.25) is 0 Å². The first kappa shape index (κ1) is 19.4. The summed E-state index contributed by atoms with van der Waals surface area (Å²) in [6, 6.07) is 13.5. The van der Waals surface area contributed by atoms with Crippen LogP contribution < -0.4 is 4.57 Å². The molecule has 30 heavy (non-hydrogen) atoms. The highest BCUT2D eigenvalue weighted by atomic mass is 16.3. The van der Waals surface area contributed by atoms with Crippen LogP contribution in [0.3, 0.4) is 0 Å². The van der Waals surface area contributed by atoms with Crippen molar-refractivity contribution in [2.24, 2.45) is 7.05 Å². The zero-order valence-electron chi connectivity index (χ0n) is 19.3.